The summed E-state index contributed by atoms with van der Waals surface area (Å²) in [6.45, 7) is 6.50. The molecule has 0 aliphatic heterocycles. The fourth-order valence-electron chi connectivity index (χ4n) is 2.73. The van der Waals surface area contributed by atoms with Crippen LogP contribution in [0.25, 0.3) is 0 Å². The quantitative estimate of drug-likeness (QED) is 0.632. The van der Waals surface area contributed by atoms with Crippen molar-refractivity contribution in [1.29, 1.82) is 0 Å². The van der Waals surface area contributed by atoms with Gasteiger partial charge in [-0.3, -0.25) is 9.59 Å². The van der Waals surface area contributed by atoms with Crippen molar-refractivity contribution in [3.8, 4) is 5.75 Å². The summed E-state index contributed by atoms with van der Waals surface area (Å²) in [6, 6.07) is 17.3. The number of hydrogen-bond acceptors (Lipinski definition) is 4. The van der Waals surface area contributed by atoms with Crippen LogP contribution in [-0.2, 0) is 20.9 Å². The Morgan fingerprint density at radius 2 is 1.81 bits per heavy atom. The Hall–Kier alpha value is -2.82. The number of carbonyl (C=O) groups is 2. The maximum Gasteiger partial charge on any atom is 0.307 e. The van der Waals surface area contributed by atoms with Gasteiger partial charge >= 0.3 is 5.97 Å². The van der Waals surface area contributed by atoms with E-state index in [1.54, 1.807) is 18.7 Å². The third kappa shape index (κ3) is 6.77. The number of carbonyl (C=O) groups excluding carboxylic acids is 2. The van der Waals surface area contributed by atoms with E-state index < -0.39 is 6.10 Å². The van der Waals surface area contributed by atoms with Crippen molar-refractivity contribution in [2.24, 2.45) is 0 Å². The smallest absolute Gasteiger partial charge is 0.307 e. The van der Waals surface area contributed by atoms with Gasteiger partial charge in [-0.25, -0.2) is 0 Å². The van der Waals surface area contributed by atoms with Crippen LogP contribution in [0.3, 0.4) is 0 Å². The second kappa shape index (κ2) is 10.4. The van der Waals surface area contributed by atoms with Crippen LogP contribution in [0.2, 0.25) is 0 Å². The first kappa shape index (κ1) is 20.5. The largest absolute Gasteiger partial charge is 0.481 e. The SMILES string of the molecule is CCOC(=O)CCN(Cc1ccccc1)C(=O)C(C)Oc1cccc(C)c1. The number of rotatable bonds is 9. The summed E-state index contributed by atoms with van der Waals surface area (Å²) in [7, 11) is 0. The number of benzene rings is 2. The Balaban J connectivity index is 2.07. The van der Waals surface area contributed by atoms with Crippen molar-refractivity contribution >= 4 is 11.9 Å². The zero-order valence-corrected chi connectivity index (χ0v) is 16.2. The highest BCUT2D eigenvalue weighted by Gasteiger charge is 2.23. The van der Waals surface area contributed by atoms with Gasteiger partial charge in [-0.15, -0.1) is 0 Å². The second-order valence-corrected chi connectivity index (χ2v) is 6.38. The number of esters is 1. The van der Waals surface area contributed by atoms with Gasteiger partial charge in [0.05, 0.1) is 13.0 Å². The Morgan fingerprint density at radius 3 is 2.48 bits per heavy atom. The van der Waals surface area contributed by atoms with Crippen molar-refractivity contribution in [2.45, 2.75) is 39.8 Å². The van der Waals surface area contributed by atoms with E-state index in [0.717, 1.165) is 11.1 Å². The molecule has 0 N–H and O–H groups in total. The molecule has 2 rings (SSSR count). The monoisotopic (exact) mass is 369 g/mol. The minimum atomic E-state index is -0.655. The number of ether oxygens (including phenoxy) is 2. The molecule has 5 nitrogen and oxygen atoms in total. The summed E-state index contributed by atoms with van der Waals surface area (Å²) in [6.07, 6.45) is -0.499. The molecule has 1 amide bonds. The van der Waals surface area contributed by atoms with E-state index in [1.165, 1.54) is 0 Å². The summed E-state index contributed by atoms with van der Waals surface area (Å²) in [5.41, 5.74) is 2.06. The van der Waals surface area contributed by atoms with Gasteiger partial charge in [0.1, 0.15) is 5.75 Å². The summed E-state index contributed by atoms with van der Waals surface area (Å²) >= 11 is 0. The molecule has 1 atom stereocenters. The molecular weight excluding hydrogens is 342 g/mol. The molecule has 0 aliphatic carbocycles. The van der Waals surface area contributed by atoms with Gasteiger partial charge < -0.3 is 14.4 Å². The van der Waals surface area contributed by atoms with Crippen LogP contribution in [0.5, 0.6) is 5.75 Å². The van der Waals surface area contributed by atoms with Crippen LogP contribution >= 0.6 is 0 Å². The maximum atomic E-state index is 13.0. The topological polar surface area (TPSA) is 55.8 Å². The van der Waals surface area contributed by atoms with Gasteiger partial charge in [-0.2, -0.15) is 0 Å². The highest BCUT2D eigenvalue weighted by Crippen LogP contribution is 2.16. The van der Waals surface area contributed by atoms with Crippen LogP contribution in [0.4, 0.5) is 0 Å². The van der Waals surface area contributed by atoms with Crippen molar-refractivity contribution < 1.29 is 19.1 Å². The van der Waals surface area contributed by atoms with E-state index in [-0.39, 0.29) is 24.8 Å². The van der Waals surface area contributed by atoms with E-state index in [0.29, 0.717) is 18.9 Å². The fourth-order valence-corrected chi connectivity index (χ4v) is 2.73. The highest BCUT2D eigenvalue weighted by atomic mass is 16.5. The van der Waals surface area contributed by atoms with Gasteiger partial charge in [0.15, 0.2) is 6.10 Å². The van der Waals surface area contributed by atoms with Crippen LogP contribution in [0.1, 0.15) is 31.4 Å². The average molecular weight is 369 g/mol. The molecule has 0 bridgehead atoms. The van der Waals surface area contributed by atoms with E-state index in [9.17, 15) is 9.59 Å². The Labute approximate surface area is 160 Å². The standard InChI is InChI=1S/C22H27NO4/c1-4-26-21(24)13-14-23(16-19-10-6-5-7-11-19)22(25)18(3)27-20-12-8-9-17(2)15-20/h5-12,15,18H,4,13-14,16H2,1-3H3. The Morgan fingerprint density at radius 1 is 1.07 bits per heavy atom. The average Bonchev–Trinajstić information content (AvgIpc) is 2.65. The summed E-state index contributed by atoms with van der Waals surface area (Å²) in [5, 5.41) is 0. The Bertz CT molecular complexity index is 745. The lowest BCUT2D eigenvalue weighted by Crippen LogP contribution is -2.41. The first-order chi connectivity index (χ1) is 13.0. The third-order valence-electron chi connectivity index (χ3n) is 4.07. The molecular formula is C22H27NO4. The molecule has 0 fully saturated rings. The van der Waals surface area contributed by atoms with Crippen molar-refractivity contribution in [2.75, 3.05) is 13.2 Å². The fraction of sp³-hybridized carbons (Fsp3) is 0.364. The van der Waals surface area contributed by atoms with E-state index in [4.69, 9.17) is 9.47 Å². The zero-order chi connectivity index (χ0) is 19.6. The normalized spacial score (nSPS) is 11.5. The lowest BCUT2D eigenvalue weighted by molar-refractivity contribution is -0.145. The summed E-state index contributed by atoms with van der Waals surface area (Å²) in [5.74, 6) is 0.182. The molecule has 0 heterocycles. The number of amides is 1. The second-order valence-electron chi connectivity index (χ2n) is 6.38. The zero-order valence-electron chi connectivity index (χ0n) is 16.2. The minimum Gasteiger partial charge on any atom is -0.481 e. The Kier molecular flexibility index (Phi) is 7.86. The molecule has 0 radical (unpaired) electrons. The predicted molar refractivity (Wildman–Crippen MR) is 104 cm³/mol. The molecule has 1 unspecified atom stereocenters. The van der Waals surface area contributed by atoms with Gasteiger partial charge in [0, 0.05) is 13.1 Å². The van der Waals surface area contributed by atoms with Crippen molar-refractivity contribution in [3.05, 3.63) is 65.7 Å². The number of aryl methyl sites for hydroxylation is 1. The molecule has 0 aromatic heterocycles. The molecule has 144 valence electrons. The molecule has 27 heavy (non-hydrogen) atoms. The molecule has 0 saturated carbocycles. The van der Waals surface area contributed by atoms with Crippen molar-refractivity contribution in [1.82, 2.24) is 4.90 Å². The molecule has 0 saturated heterocycles. The number of nitrogens with zero attached hydrogens (tertiary/aromatic N) is 1. The first-order valence-electron chi connectivity index (χ1n) is 9.21. The molecule has 2 aromatic rings. The molecule has 5 heteroatoms. The highest BCUT2D eigenvalue weighted by molar-refractivity contribution is 5.81. The van der Waals surface area contributed by atoms with Gasteiger partial charge in [-0.1, -0.05) is 42.5 Å². The lowest BCUT2D eigenvalue weighted by Gasteiger charge is -2.26. The lowest BCUT2D eigenvalue weighted by atomic mass is 10.2. The van der Waals surface area contributed by atoms with Crippen LogP contribution in [0, 0.1) is 6.92 Å². The van der Waals surface area contributed by atoms with E-state index >= 15 is 0 Å². The predicted octanol–water partition coefficient (Wildman–Crippen LogP) is 3.74. The summed E-state index contributed by atoms with van der Waals surface area (Å²) < 4.78 is 10.8. The van der Waals surface area contributed by atoms with Crippen LogP contribution < -0.4 is 4.74 Å². The van der Waals surface area contributed by atoms with Crippen LogP contribution in [-0.4, -0.2) is 36.0 Å². The molecule has 0 spiro atoms. The molecule has 2 aromatic carbocycles. The third-order valence-corrected chi connectivity index (χ3v) is 4.07. The van der Waals surface area contributed by atoms with E-state index in [1.807, 2.05) is 61.5 Å². The maximum absolute atomic E-state index is 13.0. The number of hydrogen-bond donors (Lipinski definition) is 0. The van der Waals surface area contributed by atoms with Gasteiger partial charge in [0.25, 0.3) is 5.91 Å². The van der Waals surface area contributed by atoms with E-state index in [2.05, 4.69) is 0 Å². The molecule has 0 aliphatic rings. The first-order valence-corrected chi connectivity index (χ1v) is 9.21. The minimum absolute atomic E-state index is 0.156. The summed E-state index contributed by atoms with van der Waals surface area (Å²) in [4.78, 5) is 26.3. The van der Waals surface area contributed by atoms with Crippen molar-refractivity contribution in [3.63, 3.8) is 0 Å². The van der Waals surface area contributed by atoms with Gasteiger partial charge in [-0.05, 0) is 44.0 Å². The van der Waals surface area contributed by atoms with Crippen LogP contribution in [0.15, 0.2) is 54.6 Å². The van der Waals surface area contributed by atoms with Gasteiger partial charge in [0.2, 0.25) is 0 Å².